The Labute approximate surface area is 160 Å². The van der Waals surface area contributed by atoms with Crippen molar-refractivity contribution in [3.8, 4) is 16.9 Å². The van der Waals surface area contributed by atoms with E-state index in [9.17, 15) is 0 Å². The zero-order valence-electron chi connectivity index (χ0n) is 13.1. The molecule has 2 aromatic carbocycles. The summed E-state index contributed by atoms with van der Waals surface area (Å²) in [6, 6.07) is 16.4. The molecule has 0 saturated carbocycles. The molecule has 1 aliphatic heterocycles. The van der Waals surface area contributed by atoms with Crippen LogP contribution < -0.4 is 5.32 Å². The van der Waals surface area contributed by atoms with Crippen LogP contribution in [0.2, 0.25) is 5.02 Å². The fourth-order valence-corrected chi connectivity index (χ4v) is 3.81. The van der Waals surface area contributed by atoms with E-state index in [1.807, 2.05) is 28.9 Å². The van der Waals surface area contributed by atoms with E-state index in [-0.39, 0.29) is 0 Å². The summed E-state index contributed by atoms with van der Waals surface area (Å²) in [5.74, 6) is 1.11. The van der Waals surface area contributed by atoms with Crippen LogP contribution in [0.3, 0.4) is 0 Å². The maximum atomic E-state index is 6.04. The molecule has 24 heavy (non-hydrogen) atoms. The van der Waals surface area contributed by atoms with Crippen molar-refractivity contribution in [2.75, 3.05) is 11.9 Å². The smallest absolute Gasteiger partial charge is 0.133 e. The minimum atomic E-state index is 0.739. The summed E-state index contributed by atoms with van der Waals surface area (Å²) in [5, 5.41) is 9.27. The first-order valence-corrected chi connectivity index (χ1v) is 9.56. The molecule has 1 aliphatic rings. The maximum absolute atomic E-state index is 6.04. The molecule has 0 aliphatic carbocycles. The van der Waals surface area contributed by atoms with Crippen molar-refractivity contribution in [3.63, 3.8) is 0 Å². The van der Waals surface area contributed by atoms with Crippen LogP contribution in [0.5, 0.6) is 0 Å². The number of nitrogens with one attached hydrogen (secondary N) is 1. The third-order valence-electron chi connectivity index (χ3n) is 4.30. The van der Waals surface area contributed by atoms with Crippen molar-refractivity contribution < 1.29 is 0 Å². The second kappa shape index (κ2) is 6.76. The highest BCUT2D eigenvalue weighted by atomic mass is 127. The van der Waals surface area contributed by atoms with Gasteiger partial charge in [0.25, 0.3) is 0 Å². The van der Waals surface area contributed by atoms with Gasteiger partial charge in [-0.1, -0.05) is 23.7 Å². The van der Waals surface area contributed by atoms with Crippen molar-refractivity contribution in [1.29, 1.82) is 0 Å². The van der Waals surface area contributed by atoms with Gasteiger partial charge in [0, 0.05) is 26.3 Å². The molecule has 0 radical (unpaired) electrons. The molecule has 3 aromatic rings. The van der Waals surface area contributed by atoms with Gasteiger partial charge < -0.3 is 5.32 Å². The van der Waals surface area contributed by atoms with Gasteiger partial charge in [-0.25, -0.2) is 4.68 Å². The van der Waals surface area contributed by atoms with Crippen molar-refractivity contribution in [2.45, 2.75) is 19.3 Å². The number of anilines is 1. The standard InChI is InChI=1S/C19H17ClIN3/c20-14-7-9-16(10-8-14)24-19-17(6-1-2-11-22-19)18(23-24)13-4-3-5-15(21)12-13/h3-5,7-10,12,22H,1-2,6,11H2. The van der Waals surface area contributed by atoms with Gasteiger partial charge in [0.15, 0.2) is 0 Å². The highest BCUT2D eigenvalue weighted by Gasteiger charge is 2.21. The van der Waals surface area contributed by atoms with Crippen molar-refractivity contribution >= 4 is 40.0 Å². The fourth-order valence-electron chi connectivity index (χ4n) is 3.14. The van der Waals surface area contributed by atoms with Gasteiger partial charge in [0.1, 0.15) is 5.82 Å². The number of fused-ring (bicyclic) bond motifs is 1. The molecule has 1 aromatic heterocycles. The topological polar surface area (TPSA) is 29.9 Å². The second-order valence-electron chi connectivity index (χ2n) is 5.96. The summed E-state index contributed by atoms with van der Waals surface area (Å²) in [5.41, 5.74) is 4.59. The van der Waals surface area contributed by atoms with Crippen LogP contribution in [0.15, 0.2) is 48.5 Å². The second-order valence-corrected chi connectivity index (χ2v) is 7.64. The molecule has 0 bridgehead atoms. The molecule has 5 heteroatoms. The summed E-state index contributed by atoms with van der Waals surface area (Å²) < 4.78 is 3.24. The summed E-state index contributed by atoms with van der Waals surface area (Å²) >= 11 is 8.39. The Morgan fingerprint density at radius 1 is 1.08 bits per heavy atom. The average molecular weight is 450 g/mol. The van der Waals surface area contributed by atoms with Gasteiger partial charge in [-0.3, -0.25) is 0 Å². The third kappa shape index (κ3) is 3.05. The molecule has 3 nitrogen and oxygen atoms in total. The Morgan fingerprint density at radius 3 is 2.71 bits per heavy atom. The first-order chi connectivity index (χ1) is 11.7. The van der Waals surface area contributed by atoms with Crippen LogP contribution in [-0.4, -0.2) is 16.3 Å². The van der Waals surface area contributed by atoms with Gasteiger partial charge >= 0.3 is 0 Å². The van der Waals surface area contributed by atoms with E-state index in [0.29, 0.717) is 0 Å². The Morgan fingerprint density at radius 2 is 1.92 bits per heavy atom. The predicted molar refractivity (Wildman–Crippen MR) is 108 cm³/mol. The van der Waals surface area contributed by atoms with E-state index >= 15 is 0 Å². The van der Waals surface area contributed by atoms with Crippen LogP contribution in [0.25, 0.3) is 16.9 Å². The fraction of sp³-hybridized carbons (Fsp3) is 0.211. The van der Waals surface area contributed by atoms with Crippen LogP contribution in [0.1, 0.15) is 18.4 Å². The third-order valence-corrected chi connectivity index (χ3v) is 5.22. The Bertz CT molecular complexity index is 871. The number of benzene rings is 2. The predicted octanol–water partition coefficient (Wildman–Crippen LogP) is 5.55. The van der Waals surface area contributed by atoms with E-state index in [4.69, 9.17) is 16.7 Å². The van der Waals surface area contributed by atoms with E-state index < -0.39 is 0 Å². The van der Waals surface area contributed by atoms with Crippen LogP contribution in [0.4, 0.5) is 5.82 Å². The number of aromatic nitrogens is 2. The molecule has 2 heterocycles. The van der Waals surface area contributed by atoms with Crippen molar-refractivity contribution in [1.82, 2.24) is 9.78 Å². The summed E-state index contributed by atoms with van der Waals surface area (Å²) in [4.78, 5) is 0. The Balaban J connectivity index is 1.90. The highest BCUT2D eigenvalue weighted by Crippen LogP contribution is 2.34. The molecule has 0 spiro atoms. The summed E-state index contributed by atoms with van der Waals surface area (Å²) in [6.07, 6.45) is 3.42. The molecule has 4 rings (SSSR count). The molecular weight excluding hydrogens is 433 g/mol. The molecule has 0 unspecified atom stereocenters. The zero-order chi connectivity index (χ0) is 16.5. The summed E-state index contributed by atoms with van der Waals surface area (Å²) in [7, 11) is 0. The molecule has 1 N–H and O–H groups in total. The molecule has 0 fully saturated rings. The average Bonchev–Trinajstić information content (AvgIpc) is 2.77. The lowest BCUT2D eigenvalue weighted by Gasteiger charge is -2.09. The monoisotopic (exact) mass is 449 g/mol. The minimum Gasteiger partial charge on any atom is -0.370 e. The molecule has 122 valence electrons. The SMILES string of the molecule is Clc1ccc(-n2nc(-c3cccc(I)c3)c3c2NCCCC3)cc1. The van der Waals surface area contributed by atoms with Gasteiger partial charge in [-0.15, -0.1) is 0 Å². The number of hydrogen-bond acceptors (Lipinski definition) is 2. The van der Waals surface area contributed by atoms with Crippen LogP contribution >= 0.6 is 34.2 Å². The Hall–Kier alpha value is -1.53. The molecule has 0 amide bonds. The van der Waals surface area contributed by atoms with Crippen molar-refractivity contribution in [3.05, 3.63) is 62.7 Å². The number of nitrogens with zero attached hydrogens (tertiary/aromatic N) is 2. The van der Waals surface area contributed by atoms with Crippen LogP contribution in [0, 0.1) is 3.57 Å². The van der Waals surface area contributed by atoms with Gasteiger partial charge in [-0.2, -0.15) is 5.10 Å². The highest BCUT2D eigenvalue weighted by molar-refractivity contribution is 14.1. The number of halogens is 2. The van der Waals surface area contributed by atoms with Crippen LogP contribution in [-0.2, 0) is 6.42 Å². The first kappa shape index (κ1) is 16.0. The van der Waals surface area contributed by atoms with E-state index in [2.05, 4.69) is 52.2 Å². The lowest BCUT2D eigenvalue weighted by atomic mass is 10.0. The Kier molecular flexibility index (Phi) is 4.50. The maximum Gasteiger partial charge on any atom is 0.133 e. The number of hydrogen-bond donors (Lipinski definition) is 1. The number of rotatable bonds is 2. The van der Waals surface area contributed by atoms with Gasteiger partial charge in [-0.05, 0) is 78.3 Å². The molecule has 0 saturated heterocycles. The quantitative estimate of drug-likeness (QED) is 0.520. The van der Waals surface area contributed by atoms with E-state index in [1.165, 1.54) is 27.5 Å². The molecular formula is C19H17ClIN3. The lowest BCUT2D eigenvalue weighted by molar-refractivity contribution is 0.780. The summed E-state index contributed by atoms with van der Waals surface area (Å²) in [6.45, 7) is 0.984. The zero-order valence-corrected chi connectivity index (χ0v) is 16.0. The van der Waals surface area contributed by atoms with E-state index in [0.717, 1.165) is 35.2 Å². The molecule has 0 atom stereocenters. The minimum absolute atomic E-state index is 0.739. The van der Waals surface area contributed by atoms with Gasteiger partial charge in [0.05, 0.1) is 11.4 Å². The normalized spacial score (nSPS) is 13.9. The first-order valence-electron chi connectivity index (χ1n) is 8.10. The van der Waals surface area contributed by atoms with Crippen molar-refractivity contribution in [2.24, 2.45) is 0 Å². The van der Waals surface area contributed by atoms with E-state index in [1.54, 1.807) is 0 Å². The largest absolute Gasteiger partial charge is 0.370 e. The van der Waals surface area contributed by atoms with Gasteiger partial charge in [0.2, 0.25) is 0 Å². The lowest BCUT2D eigenvalue weighted by Crippen LogP contribution is -2.07.